The van der Waals surface area contributed by atoms with Gasteiger partial charge < -0.3 is 19.8 Å². The lowest BCUT2D eigenvalue weighted by Gasteiger charge is -2.13. The van der Waals surface area contributed by atoms with Gasteiger partial charge in [0.25, 0.3) is 5.91 Å². The summed E-state index contributed by atoms with van der Waals surface area (Å²) >= 11 is 0. The summed E-state index contributed by atoms with van der Waals surface area (Å²) in [6.45, 7) is 0.441. The number of methoxy groups -OCH3 is 1. The van der Waals surface area contributed by atoms with Crippen molar-refractivity contribution in [3.63, 3.8) is 0 Å². The maximum absolute atomic E-state index is 12.1. The molecule has 8 nitrogen and oxygen atoms in total. The minimum atomic E-state index is -1.70. The zero-order valence-electron chi connectivity index (χ0n) is 16.9. The van der Waals surface area contributed by atoms with E-state index in [9.17, 15) is 19.8 Å². The van der Waals surface area contributed by atoms with Crippen LogP contribution in [0.3, 0.4) is 0 Å². The number of nitrogens with zero attached hydrogens (tertiary/aromatic N) is 3. The molecule has 156 valence electrons. The van der Waals surface area contributed by atoms with Gasteiger partial charge in [0.2, 0.25) is 5.60 Å². The van der Waals surface area contributed by atoms with Crippen LogP contribution < -0.4 is 4.74 Å². The van der Waals surface area contributed by atoms with Gasteiger partial charge in [0.15, 0.2) is 11.5 Å². The van der Waals surface area contributed by atoms with E-state index in [0.717, 1.165) is 0 Å². The van der Waals surface area contributed by atoms with Crippen molar-refractivity contribution in [3.05, 3.63) is 53.7 Å². The van der Waals surface area contributed by atoms with E-state index < -0.39 is 17.5 Å². The van der Waals surface area contributed by atoms with Crippen LogP contribution in [-0.4, -0.2) is 63.3 Å². The topological polar surface area (TPSA) is 113 Å². The molecule has 8 heteroatoms. The van der Waals surface area contributed by atoms with Gasteiger partial charge in [0, 0.05) is 42.6 Å². The fraction of sp³-hybridized carbons (Fsp3) is 0.217. The van der Waals surface area contributed by atoms with Gasteiger partial charge in [-0.2, -0.15) is 0 Å². The van der Waals surface area contributed by atoms with Gasteiger partial charge in [-0.25, -0.2) is 14.8 Å². The number of carboxylic acids is 1. The highest BCUT2D eigenvalue weighted by molar-refractivity contribution is 6.01. The number of ether oxygens (including phenoxy) is 1. The molecule has 1 aliphatic heterocycles. The Balaban J connectivity index is 1.77. The van der Waals surface area contributed by atoms with Crippen LogP contribution in [0.25, 0.3) is 22.3 Å². The van der Waals surface area contributed by atoms with E-state index in [1.807, 2.05) is 0 Å². The van der Waals surface area contributed by atoms with E-state index in [0.29, 0.717) is 34.3 Å². The normalized spacial score (nSPS) is 18.0. The third-order valence-corrected chi connectivity index (χ3v) is 5.15. The third kappa shape index (κ3) is 3.79. The van der Waals surface area contributed by atoms with Gasteiger partial charge in [-0.15, -0.1) is 0 Å². The maximum atomic E-state index is 12.1. The van der Waals surface area contributed by atoms with Crippen LogP contribution in [-0.2, 0) is 4.79 Å². The number of aromatic nitrogens is 2. The van der Waals surface area contributed by atoms with Crippen molar-refractivity contribution in [2.24, 2.45) is 0 Å². The van der Waals surface area contributed by atoms with Crippen molar-refractivity contribution < 1.29 is 24.5 Å². The molecule has 1 aromatic heterocycles. The molecular formula is C23H19N3O5. The summed E-state index contributed by atoms with van der Waals surface area (Å²) in [7, 11) is 3.14. The van der Waals surface area contributed by atoms with Crippen molar-refractivity contribution >= 4 is 22.8 Å². The molecule has 0 spiro atoms. The van der Waals surface area contributed by atoms with E-state index in [4.69, 9.17) is 4.74 Å². The van der Waals surface area contributed by atoms with Crippen LogP contribution in [0, 0.1) is 11.8 Å². The minimum absolute atomic E-state index is 0.118. The molecule has 0 unspecified atom stereocenters. The first-order valence-electron chi connectivity index (χ1n) is 9.51. The number of carbonyl (C=O) groups is 2. The lowest BCUT2D eigenvalue weighted by atomic mass is 10.0. The highest BCUT2D eigenvalue weighted by Crippen LogP contribution is 2.26. The van der Waals surface area contributed by atoms with E-state index in [1.54, 1.807) is 49.5 Å². The molecule has 2 heterocycles. The molecule has 2 aromatic carbocycles. The first kappa shape index (κ1) is 20.3. The van der Waals surface area contributed by atoms with E-state index in [2.05, 4.69) is 21.8 Å². The molecule has 1 amide bonds. The van der Waals surface area contributed by atoms with Crippen LogP contribution >= 0.6 is 0 Å². The molecule has 0 aliphatic carbocycles. The average molecular weight is 417 g/mol. The Labute approximate surface area is 178 Å². The second-order valence-corrected chi connectivity index (χ2v) is 7.25. The number of fused-ring (bicyclic) bond motifs is 1. The molecule has 3 aromatic rings. The second-order valence-electron chi connectivity index (χ2n) is 7.25. The van der Waals surface area contributed by atoms with Gasteiger partial charge in [-0.1, -0.05) is 24.0 Å². The fourth-order valence-corrected chi connectivity index (χ4v) is 3.41. The maximum Gasteiger partial charge on any atom is 0.355 e. The van der Waals surface area contributed by atoms with E-state index in [-0.39, 0.29) is 17.9 Å². The standard InChI is InChI=1S/C23H19N3O5/c1-26-11-10-23(30,22(26)29)9-8-14-4-3-5-15(12-14)20-24-18-13-16(31-2)6-7-17(18)19(25-20)21(27)28/h3-7,12-13,30H,10-11H2,1-2H3,(H,27,28)/t23-/m0/s1. The first-order valence-corrected chi connectivity index (χ1v) is 9.51. The van der Waals surface area contributed by atoms with Crippen LogP contribution in [0.1, 0.15) is 22.5 Å². The zero-order chi connectivity index (χ0) is 22.2. The zero-order valence-corrected chi connectivity index (χ0v) is 16.9. The van der Waals surface area contributed by atoms with Crippen molar-refractivity contribution in [3.8, 4) is 29.0 Å². The Morgan fingerprint density at radius 2 is 2.03 bits per heavy atom. The second kappa shape index (κ2) is 7.70. The van der Waals surface area contributed by atoms with Crippen molar-refractivity contribution in [2.75, 3.05) is 20.7 Å². The predicted octanol–water partition coefficient (Wildman–Crippen LogP) is 1.95. The summed E-state index contributed by atoms with van der Waals surface area (Å²) in [5.74, 6) is 4.69. The van der Waals surface area contributed by atoms with Gasteiger partial charge in [0.05, 0.1) is 12.6 Å². The third-order valence-electron chi connectivity index (χ3n) is 5.15. The Morgan fingerprint density at radius 1 is 1.23 bits per heavy atom. The number of carbonyl (C=O) groups excluding carboxylic acids is 1. The van der Waals surface area contributed by atoms with Crippen LogP contribution in [0.4, 0.5) is 0 Å². The van der Waals surface area contributed by atoms with E-state index in [1.165, 1.54) is 12.0 Å². The minimum Gasteiger partial charge on any atom is -0.497 e. The molecule has 1 saturated heterocycles. The van der Waals surface area contributed by atoms with E-state index >= 15 is 0 Å². The van der Waals surface area contributed by atoms with Crippen LogP contribution in [0.15, 0.2) is 42.5 Å². The molecule has 1 aliphatic rings. The molecule has 1 atom stereocenters. The SMILES string of the molecule is COc1ccc2c(C(=O)O)nc(-c3cccc(C#C[C@]4(O)CCN(C)C4=O)c3)nc2c1. The number of likely N-dealkylation sites (tertiary alicyclic amines) is 1. The van der Waals surface area contributed by atoms with Gasteiger partial charge >= 0.3 is 5.97 Å². The van der Waals surface area contributed by atoms with Crippen molar-refractivity contribution in [1.82, 2.24) is 14.9 Å². The smallest absolute Gasteiger partial charge is 0.355 e. The molecule has 0 bridgehead atoms. The Bertz CT molecular complexity index is 1280. The lowest BCUT2D eigenvalue weighted by Crippen LogP contribution is -2.37. The number of aromatic carboxylic acids is 1. The Morgan fingerprint density at radius 3 is 2.71 bits per heavy atom. The van der Waals surface area contributed by atoms with Gasteiger partial charge in [0.1, 0.15) is 5.75 Å². The highest BCUT2D eigenvalue weighted by atomic mass is 16.5. The molecule has 1 fully saturated rings. The quantitative estimate of drug-likeness (QED) is 0.626. The van der Waals surface area contributed by atoms with Crippen LogP contribution in [0.5, 0.6) is 5.75 Å². The first-order chi connectivity index (χ1) is 14.8. The molecular weight excluding hydrogens is 398 g/mol. The molecule has 31 heavy (non-hydrogen) atoms. The number of aliphatic hydroxyl groups is 1. The number of rotatable bonds is 3. The number of hydrogen-bond acceptors (Lipinski definition) is 6. The average Bonchev–Trinajstić information content (AvgIpc) is 3.04. The number of benzene rings is 2. The number of likely N-dealkylation sites (N-methyl/N-ethyl adjacent to an activating group) is 1. The summed E-state index contributed by atoms with van der Waals surface area (Å²) in [5.41, 5.74) is -0.280. The largest absolute Gasteiger partial charge is 0.497 e. The number of amides is 1. The molecule has 4 rings (SSSR count). The van der Waals surface area contributed by atoms with Crippen LogP contribution in [0.2, 0.25) is 0 Å². The molecule has 0 radical (unpaired) electrons. The van der Waals surface area contributed by atoms with Gasteiger partial charge in [-0.05, 0) is 24.3 Å². The summed E-state index contributed by atoms with van der Waals surface area (Å²) in [6, 6.07) is 11.8. The summed E-state index contributed by atoms with van der Waals surface area (Å²) in [6.07, 6.45) is 0.243. The summed E-state index contributed by atoms with van der Waals surface area (Å²) in [5, 5.41) is 20.5. The van der Waals surface area contributed by atoms with Crippen molar-refractivity contribution in [2.45, 2.75) is 12.0 Å². The Kier molecular flexibility index (Phi) is 5.05. The lowest BCUT2D eigenvalue weighted by molar-refractivity contribution is -0.137. The summed E-state index contributed by atoms with van der Waals surface area (Å²) < 4.78 is 5.21. The molecule has 2 N–H and O–H groups in total. The number of carboxylic acid groups (broad SMARTS) is 1. The highest BCUT2D eigenvalue weighted by Gasteiger charge is 2.42. The predicted molar refractivity (Wildman–Crippen MR) is 113 cm³/mol. The van der Waals surface area contributed by atoms with Gasteiger partial charge in [-0.3, -0.25) is 4.79 Å². The summed E-state index contributed by atoms with van der Waals surface area (Å²) in [4.78, 5) is 34.0. The van der Waals surface area contributed by atoms with Crippen molar-refractivity contribution in [1.29, 1.82) is 0 Å². The molecule has 0 saturated carbocycles. The number of hydrogen-bond donors (Lipinski definition) is 2. The monoisotopic (exact) mass is 417 g/mol. The Hall–Kier alpha value is -3.96. The fourth-order valence-electron chi connectivity index (χ4n) is 3.41.